The number of rotatable bonds is 3. The number of hydrogen-bond donors (Lipinski definition) is 2. The van der Waals surface area contributed by atoms with Gasteiger partial charge in [0.15, 0.2) is 0 Å². The minimum atomic E-state index is 0.216. The molecule has 3 heteroatoms. The van der Waals surface area contributed by atoms with E-state index < -0.39 is 0 Å². The second-order valence-electron chi connectivity index (χ2n) is 6.94. The van der Waals surface area contributed by atoms with Gasteiger partial charge in [0.25, 0.3) is 0 Å². The lowest BCUT2D eigenvalue weighted by Crippen LogP contribution is -2.61. The Morgan fingerprint density at radius 2 is 1.89 bits per heavy atom. The summed E-state index contributed by atoms with van der Waals surface area (Å²) in [5, 5.41) is 11.9. The minimum absolute atomic E-state index is 0.216. The van der Waals surface area contributed by atoms with Gasteiger partial charge in [-0.3, -0.25) is 0 Å². The van der Waals surface area contributed by atoms with Gasteiger partial charge in [-0.05, 0) is 69.9 Å². The molecule has 2 nitrogen and oxygen atoms in total. The Kier molecular flexibility index (Phi) is 3.86. The Morgan fingerprint density at radius 1 is 1.28 bits per heavy atom. The Hall–Kier alpha value is -0.380. The summed E-state index contributed by atoms with van der Waals surface area (Å²) >= 11 is 1.78. The highest BCUT2D eigenvalue weighted by Gasteiger charge is 2.37. The van der Waals surface area contributed by atoms with E-state index in [4.69, 9.17) is 0 Å². The fraction of sp³-hybridized carbons (Fsp3) is 0.733. The molecule has 0 aliphatic carbocycles. The van der Waals surface area contributed by atoms with E-state index in [2.05, 4.69) is 62.1 Å². The van der Waals surface area contributed by atoms with Crippen molar-refractivity contribution in [2.75, 3.05) is 0 Å². The summed E-state index contributed by atoms with van der Waals surface area (Å²) in [7, 11) is 0. The van der Waals surface area contributed by atoms with Crippen molar-refractivity contribution in [3.05, 3.63) is 22.4 Å². The topological polar surface area (TPSA) is 24.1 Å². The first-order chi connectivity index (χ1) is 8.27. The van der Waals surface area contributed by atoms with Crippen molar-refractivity contribution in [2.45, 2.75) is 70.6 Å². The van der Waals surface area contributed by atoms with E-state index in [1.165, 1.54) is 18.4 Å². The third kappa shape index (κ3) is 3.56. The number of thiophene rings is 1. The molecule has 0 spiro atoms. The highest BCUT2D eigenvalue weighted by atomic mass is 32.1. The zero-order valence-electron chi connectivity index (χ0n) is 12.2. The third-order valence-corrected chi connectivity index (χ3v) is 4.42. The van der Waals surface area contributed by atoms with E-state index in [9.17, 15) is 0 Å². The summed E-state index contributed by atoms with van der Waals surface area (Å²) in [6.45, 7) is 11.5. The molecule has 0 amide bonds. The van der Waals surface area contributed by atoms with E-state index in [1.807, 2.05) is 0 Å². The lowest BCUT2D eigenvalue weighted by molar-refractivity contribution is 0.141. The number of piperidine rings is 1. The van der Waals surface area contributed by atoms with Gasteiger partial charge in [-0.2, -0.15) is 11.3 Å². The molecule has 1 aromatic heterocycles. The molecule has 102 valence electrons. The molecule has 0 radical (unpaired) electrons. The third-order valence-electron chi connectivity index (χ3n) is 3.72. The standard InChI is InChI=1S/C15H26N2S/c1-11(12-6-7-18-10-12)16-13-8-14(2,3)17-15(4,5)9-13/h6-7,10-11,13,16-17H,8-9H2,1-5H3. The average Bonchev–Trinajstić information content (AvgIpc) is 2.63. The Bertz CT molecular complexity index is 365. The fourth-order valence-electron chi connectivity index (χ4n) is 3.41. The van der Waals surface area contributed by atoms with Crippen molar-refractivity contribution >= 4 is 11.3 Å². The Balaban J connectivity index is 2.01. The predicted molar refractivity (Wildman–Crippen MR) is 80.2 cm³/mol. The maximum atomic E-state index is 3.80. The van der Waals surface area contributed by atoms with Crippen molar-refractivity contribution in [1.82, 2.24) is 10.6 Å². The van der Waals surface area contributed by atoms with Gasteiger partial charge in [0.05, 0.1) is 0 Å². The van der Waals surface area contributed by atoms with Crippen molar-refractivity contribution in [1.29, 1.82) is 0 Å². The summed E-state index contributed by atoms with van der Waals surface area (Å²) in [6, 6.07) is 3.26. The van der Waals surface area contributed by atoms with Crippen LogP contribution in [-0.4, -0.2) is 17.1 Å². The highest BCUT2D eigenvalue weighted by Crippen LogP contribution is 2.30. The van der Waals surface area contributed by atoms with Gasteiger partial charge in [0, 0.05) is 23.2 Å². The van der Waals surface area contributed by atoms with E-state index in [-0.39, 0.29) is 11.1 Å². The van der Waals surface area contributed by atoms with Gasteiger partial charge in [0.2, 0.25) is 0 Å². The van der Waals surface area contributed by atoms with E-state index in [0.717, 1.165) is 0 Å². The molecule has 2 rings (SSSR count). The van der Waals surface area contributed by atoms with E-state index >= 15 is 0 Å². The normalized spacial score (nSPS) is 24.9. The van der Waals surface area contributed by atoms with Gasteiger partial charge < -0.3 is 10.6 Å². The summed E-state index contributed by atoms with van der Waals surface area (Å²) in [5.74, 6) is 0. The van der Waals surface area contributed by atoms with Crippen molar-refractivity contribution < 1.29 is 0 Å². The molecule has 1 aliphatic heterocycles. The lowest BCUT2D eigenvalue weighted by atomic mass is 9.79. The average molecular weight is 266 g/mol. The lowest BCUT2D eigenvalue weighted by Gasteiger charge is -2.47. The molecule has 1 aliphatic rings. The van der Waals surface area contributed by atoms with Crippen molar-refractivity contribution in [3.63, 3.8) is 0 Å². The second-order valence-corrected chi connectivity index (χ2v) is 7.72. The van der Waals surface area contributed by atoms with Crippen LogP contribution >= 0.6 is 11.3 Å². The van der Waals surface area contributed by atoms with Crippen LogP contribution in [0.2, 0.25) is 0 Å². The monoisotopic (exact) mass is 266 g/mol. The molecule has 0 aromatic carbocycles. The summed E-state index contributed by atoms with van der Waals surface area (Å²) in [6.07, 6.45) is 2.37. The molecule has 2 N–H and O–H groups in total. The summed E-state index contributed by atoms with van der Waals surface area (Å²) in [4.78, 5) is 0. The van der Waals surface area contributed by atoms with Gasteiger partial charge in [-0.25, -0.2) is 0 Å². The molecule has 1 fully saturated rings. The number of nitrogens with one attached hydrogen (secondary N) is 2. The molecule has 1 unspecified atom stereocenters. The molecular weight excluding hydrogens is 240 g/mol. The number of hydrogen-bond acceptors (Lipinski definition) is 3. The van der Waals surface area contributed by atoms with Crippen LogP contribution in [0.1, 0.15) is 59.1 Å². The minimum Gasteiger partial charge on any atom is -0.307 e. The van der Waals surface area contributed by atoms with Crippen LogP contribution in [-0.2, 0) is 0 Å². The first-order valence-electron chi connectivity index (χ1n) is 6.85. The van der Waals surface area contributed by atoms with Crippen LogP contribution in [0.3, 0.4) is 0 Å². The summed E-state index contributed by atoms with van der Waals surface area (Å²) < 4.78 is 0. The smallest absolute Gasteiger partial charge is 0.0302 e. The van der Waals surface area contributed by atoms with E-state index in [1.54, 1.807) is 11.3 Å². The van der Waals surface area contributed by atoms with Gasteiger partial charge in [-0.1, -0.05) is 0 Å². The SMILES string of the molecule is CC(NC1CC(C)(C)NC(C)(C)C1)c1ccsc1. The van der Waals surface area contributed by atoms with Crippen LogP contribution in [0.25, 0.3) is 0 Å². The van der Waals surface area contributed by atoms with Gasteiger partial charge in [-0.15, -0.1) is 0 Å². The second kappa shape index (κ2) is 4.95. The van der Waals surface area contributed by atoms with Crippen molar-refractivity contribution in [3.8, 4) is 0 Å². The molecule has 1 saturated heterocycles. The largest absolute Gasteiger partial charge is 0.307 e. The molecule has 1 atom stereocenters. The fourth-order valence-corrected chi connectivity index (χ4v) is 4.17. The molecular formula is C15H26N2S. The molecule has 2 heterocycles. The van der Waals surface area contributed by atoms with Gasteiger partial charge >= 0.3 is 0 Å². The predicted octanol–water partition coefficient (Wildman–Crippen LogP) is 3.71. The summed E-state index contributed by atoms with van der Waals surface area (Å²) in [5.41, 5.74) is 1.84. The molecule has 1 aromatic rings. The maximum absolute atomic E-state index is 3.80. The zero-order chi connectivity index (χ0) is 13.4. The zero-order valence-corrected chi connectivity index (χ0v) is 13.0. The quantitative estimate of drug-likeness (QED) is 0.871. The van der Waals surface area contributed by atoms with Crippen LogP contribution < -0.4 is 10.6 Å². The van der Waals surface area contributed by atoms with Crippen LogP contribution in [0.4, 0.5) is 0 Å². The van der Waals surface area contributed by atoms with Crippen LogP contribution in [0.5, 0.6) is 0 Å². The molecule has 0 bridgehead atoms. The first kappa shape index (κ1) is 14.0. The van der Waals surface area contributed by atoms with E-state index in [0.29, 0.717) is 12.1 Å². The van der Waals surface area contributed by atoms with Crippen molar-refractivity contribution in [2.24, 2.45) is 0 Å². The molecule has 0 saturated carbocycles. The van der Waals surface area contributed by atoms with Gasteiger partial charge in [0.1, 0.15) is 0 Å². The Labute approximate surface area is 115 Å². The molecule has 18 heavy (non-hydrogen) atoms. The highest BCUT2D eigenvalue weighted by molar-refractivity contribution is 7.07. The Morgan fingerprint density at radius 3 is 2.39 bits per heavy atom. The van der Waals surface area contributed by atoms with Crippen LogP contribution in [0.15, 0.2) is 16.8 Å². The van der Waals surface area contributed by atoms with Crippen LogP contribution in [0, 0.1) is 0 Å². The first-order valence-corrected chi connectivity index (χ1v) is 7.79. The maximum Gasteiger partial charge on any atom is 0.0302 e.